The number of carbonyl (C=O) groups excluding carboxylic acids is 1. The summed E-state index contributed by atoms with van der Waals surface area (Å²) in [7, 11) is -1.76. The Kier molecular flexibility index (Phi) is 11.7. The molecule has 1 atom stereocenters. The zero-order chi connectivity index (χ0) is 22.8. The summed E-state index contributed by atoms with van der Waals surface area (Å²) in [6, 6.07) is 10.1. The Balaban J connectivity index is 0.00000385. The van der Waals surface area contributed by atoms with Gasteiger partial charge in [0.1, 0.15) is 6.54 Å². The number of aromatic nitrogens is 4. The maximum atomic E-state index is 12.5. The molecule has 1 saturated heterocycles. The molecule has 1 unspecified atom stereocenters. The minimum atomic E-state index is -1.76. The molecule has 0 saturated carbocycles. The van der Waals surface area contributed by atoms with Crippen LogP contribution in [0, 0.1) is 0 Å². The summed E-state index contributed by atoms with van der Waals surface area (Å²) in [6.45, 7) is 3.07. The molecule has 1 aromatic heterocycles. The Morgan fingerprint density at radius 3 is 2.67 bits per heavy atom. The summed E-state index contributed by atoms with van der Waals surface area (Å²) < 4.78 is 6.11. The summed E-state index contributed by atoms with van der Waals surface area (Å²) in [5, 5.41) is 32.0. The van der Waals surface area contributed by atoms with E-state index in [1.54, 1.807) is 0 Å². The second kappa shape index (κ2) is 14.2. The van der Waals surface area contributed by atoms with Gasteiger partial charge >= 0.3 is 7.32 Å². The Labute approximate surface area is 200 Å². The topological polar surface area (TPSA) is 152 Å². The quantitative estimate of drug-likeness (QED) is 0.243. The van der Waals surface area contributed by atoms with Crippen LogP contribution in [0.1, 0.15) is 49.5 Å². The number of rotatable bonds is 12. The van der Waals surface area contributed by atoms with E-state index in [1.165, 1.54) is 10.2 Å². The third-order valence-corrected chi connectivity index (χ3v) is 5.56. The van der Waals surface area contributed by atoms with Crippen LogP contribution in [-0.2, 0) is 22.5 Å². The lowest BCUT2D eigenvalue weighted by Crippen LogP contribution is -2.45. The van der Waals surface area contributed by atoms with Crippen LogP contribution in [0.4, 0.5) is 0 Å². The third-order valence-electron chi connectivity index (χ3n) is 5.56. The summed E-state index contributed by atoms with van der Waals surface area (Å²) in [5.41, 5.74) is 7.48. The van der Waals surface area contributed by atoms with Gasteiger partial charge in [0, 0.05) is 32.3 Å². The van der Waals surface area contributed by atoms with Gasteiger partial charge in [-0.25, -0.2) is 4.68 Å². The number of halogens is 1. The van der Waals surface area contributed by atoms with Crippen LogP contribution < -0.4 is 11.1 Å². The van der Waals surface area contributed by atoms with Gasteiger partial charge in [-0.2, -0.15) is 0 Å². The van der Waals surface area contributed by atoms with Gasteiger partial charge in [-0.15, -0.1) is 17.5 Å². The molecule has 0 bridgehead atoms. The number of benzene rings is 1. The molecule has 182 valence electrons. The minimum absolute atomic E-state index is 0. The number of nitrogens with one attached hydrogen (secondary N) is 1. The molecule has 0 radical (unpaired) electrons. The molecular weight excluding hydrogens is 449 g/mol. The van der Waals surface area contributed by atoms with Crippen LogP contribution in [-0.4, -0.2) is 74.1 Å². The van der Waals surface area contributed by atoms with Crippen molar-refractivity contribution in [1.82, 2.24) is 30.4 Å². The van der Waals surface area contributed by atoms with Crippen LogP contribution >= 0.6 is 12.4 Å². The molecule has 2 heterocycles. The van der Waals surface area contributed by atoms with Crippen molar-refractivity contribution in [2.24, 2.45) is 5.73 Å². The predicted octanol–water partition coefficient (Wildman–Crippen LogP) is 0.0319. The van der Waals surface area contributed by atoms with Crippen LogP contribution in [0.25, 0.3) is 0 Å². The van der Waals surface area contributed by atoms with Crippen molar-refractivity contribution in [2.75, 3.05) is 19.7 Å². The number of piperidine rings is 1. The molecule has 1 aliphatic heterocycles. The van der Waals surface area contributed by atoms with Crippen LogP contribution in [0.2, 0.25) is 0 Å². The lowest BCUT2D eigenvalue weighted by Gasteiger charge is -2.32. The molecule has 3 rings (SSSR count). The lowest BCUT2D eigenvalue weighted by atomic mass is 10.0. The van der Waals surface area contributed by atoms with Gasteiger partial charge in [0.15, 0.2) is 5.82 Å². The molecule has 1 aliphatic rings. The molecule has 0 spiro atoms. The normalized spacial score (nSPS) is 15.6. The highest BCUT2D eigenvalue weighted by molar-refractivity contribution is 6.32. The van der Waals surface area contributed by atoms with E-state index < -0.39 is 13.4 Å². The number of hydrogen-bond acceptors (Lipinski definition) is 9. The number of hydrogen-bond donors (Lipinski definition) is 4. The first-order chi connectivity index (χ1) is 15.5. The number of nitrogens with zero attached hydrogens (tertiary/aromatic N) is 5. The number of carbonyl (C=O) groups is 1. The average Bonchev–Trinajstić information content (AvgIpc) is 3.23. The molecule has 5 N–H and O–H groups in total. The Hall–Kier alpha value is -2.09. The van der Waals surface area contributed by atoms with Gasteiger partial charge in [0.25, 0.3) is 0 Å². The highest BCUT2D eigenvalue weighted by Crippen LogP contribution is 2.15. The fourth-order valence-electron chi connectivity index (χ4n) is 3.86. The SMILES string of the molecule is Cl.NC(CCCCOB(O)O)c1nnnn1CC(=O)NC1CCN(Cc2ccccc2)CC1. The maximum Gasteiger partial charge on any atom is 0.633 e. The highest BCUT2D eigenvalue weighted by atomic mass is 35.5. The first-order valence-electron chi connectivity index (χ1n) is 11.1. The van der Waals surface area contributed by atoms with E-state index in [2.05, 4.69) is 54.7 Å². The smallest absolute Gasteiger partial charge is 0.402 e. The largest absolute Gasteiger partial charge is 0.633 e. The summed E-state index contributed by atoms with van der Waals surface area (Å²) >= 11 is 0. The maximum absolute atomic E-state index is 12.5. The van der Waals surface area contributed by atoms with Crippen molar-refractivity contribution < 1.29 is 19.5 Å². The van der Waals surface area contributed by atoms with Crippen LogP contribution in [0.15, 0.2) is 30.3 Å². The second-order valence-electron chi connectivity index (χ2n) is 8.10. The zero-order valence-corrected chi connectivity index (χ0v) is 19.4. The summed E-state index contributed by atoms with van der Waals surface area (Å²) in [5.74, 6) is 0.332. The zero-order valence-electron chi connectivity index (χ0n) is 18.6. The van der Waals surface area contributed by atoms with Crippen molar-refractivity contribution in [3.05, 3.63) is 41.7 Å². The monoisotopic (exact) mass is 481 g/mol. The van der Waals surface area contributed by atoms with Gasteiger partial charge in [0.2, 0.25) is 5.91 Å². The fraction of sp³-hybridized carbons (Fsp3) is 0.600. The number of likely N-dealkylation sites (tertiary alicyclic amines) is 1. The van der Waals surface area contributed by atoms with E-state index in [1.807, 2.05) is 6.07 Å². The number of unbranched alkanes of at least 4 members (excludes halogenated alkanes) is 1. The second-order valence-corrected chi connectivity index (χ2v) is 8.10. The van der Waals surface area contributed by atoms with Crippen molar-refractivity contribution in [3.63, 3.8) is 0 Å². The summed E-state index contributed by atoms with van der Waals surface area (Å²) in [4.78, 5) is 14.9. The van der Waals surface area contributed by atoms with Gasteiger partial charge in [-0.3, -0.25) is 9.69 Å². The van der Waals surface area contributed by atoms with E-state index in [0.717, 1.165) is 32.5 Å². The Morgan fingerprint density at radius 2 is 1.97 bits per heavy atom. The van der Waals surface area contributed by atoms with Crippen molar-refractivity contribution in [3.8, 4) is 0 Å². The molecule has 11 nitrogen and oxygen atoms in total. The predicted molar refractivity (Wildman–Crippen MR) is 125 cm³/mol. The molecule has 1 amide bonds. The average molecular weight is 482 g/mol. The molecule has 13 heteroatoms. The Bertz CT molecular complexity index is 822. The molecule has 1 fully saturated rings. The van der Waals surface area contributed by atoms with Gasteiger partial charge < -0.3 is 25.8 Å². The Morgan fingerprint density at radius 1 is 1.24 bits per heavy atom. The van der Waals surface area contributed by atoms with E-state index in [0.29, 0.717) is 25.1 Å². The summed E-state index contributed by atoms with van der Waals surface area (Å²) in [6.07, 6.45) is 3.73. The fourth-order valence-corrected chi connectivity index (χ4v) is 3.86. The van der Waals surface area contributed by atoms with Gasteiger partial charge in [-0.05, 0) is 48.1 Å². The molecule has 33 heavy (non-hydrogen) atoms. The van der Waals surface area contributed by atoms with Crippen LogP contribution in [0.3, 0.4) is 0 Å². The minimum Gasteiger partial charge on any atom is -0.402 e. The third kappa shape index (κ3) is 9.36. The first kappa shape index (κ1) is 27.2. The number of nitrogens with two attached hydrogens (primary N) is 1. The number of amides is 1. The lowest BCUT2D eigenvalue weighted by molar-refractivity contribution is -0.123. The molecule has 2 aromatic rings. The van der Waals surface area contributed by atoms with Crippen molar-refractivity contribution in [2.45, 2.75) is 57.3 Å². The van der Waals surface area contributed by atoms with Crippen molar-refractivity contribution in [1.29, 1.82) is 0 Å². The molecule has 1 aromatic carbocycles. The standard InChI is InChI=1S/C20H32BN7O4.ClH/c22-18(8-4-5-13-32-21(30)31)20-24-25-26-28(20)15-19(29)23-17-9-11-27(12-10-17)14-16-6-2-1-3-7-16;/h1-3,6-7,17-18,30-31H,4-5,8-15,22H2,(H,23,29);1H. The van der Waals surface area contributed by atoms with Crippen molar-refractivity contribution >= 4 is 25.6 Å². The molecule has 0 aliphatic carbocycles. The van der Waals surface area contributed by atoms with Gasteiger partial charge in [-0.1, -0.05) is 30.3 Å². The van der Waals surface area contributed by atoms with E-state index in [9.17, 15) is 4.79 Å². The van der Waals surface area contributed by atoms with E-state index in [4.69, 9.17) is 15.8 Å². The van der Waals surface area contributed by atoms with E-state index in [-0.39, 0.29) is 37.5 Å². The number of tetrazole rings is 1. The van der Waals surface area contributed by atoms with E-state index >= 15 is 0 Å². The van der Waals surface area contributed by atoms with Crippen LogP contribution in [0.5, 0.6) is 0 Å². The first-order valence-corrected chi connectivity index (χ1v) is 11.1. The van der Waals surface area contributed by atoms with Gasteiger partial charge in [0.05, 0.1) is 6.04 Å². The molecular formula is C20H33BClN7O4. The highest BCUT2D eigenvalue weighted by Gasteiger charge is 2.22.